The molecule has 3 heteroatoms. The number of halogens is 1. The molecule has 1 N–H and O–H groups in total. The lowest BCUT2D eigenvalue weighted by Crippen LogP contribution is -2.12. The van der Waals surface area contributed by atoms with Crippen molar-refractivity contribution in [3.05, 3.63) is 52.8 Å². The first kappa shape index (κ1) is 15.5. The number of aryl methyl sites for hydroxylation is 2. The van der Waals surface area contributed by atoms with Crippen LogP contribution in [0.1, 0.15) is 23.6 Å². The largest absolute Gasteiger partial charge is 0.496 e. The molecule has 0 heterocycles. The highest BCUT2D eigenvalue weighted by molar-refractivity contribution is 5.74. The standard InChI is InChI=1S/C18H22FNO/c1-5-20-11-15-7-6-14(10-16(15)19)18-13(3)8-12(2)9-17(18)21-4/h6-10,20H,5,11H2,1-4H3. The van der Waals surface area contributed by atoms with Crippen LogP contribution >= 0.6 is 0 Å². The van der Waals surface area contributed by atoms with Crippen LogP contribution in [0.2, 0.25) is 0 Å². The Morgan fingerprint density at radius 1 is 1.14 bits per heavy atom. The van der Waals surface area contributed by atoms with Gasteiger partial charge < -0.3 is 10.1 Å². The van der Waals surface area contributed by atoms with Crippen molar-refractivity contribution in [2.75, 3.05) is 13.7 Å². The lowest BCUT2D eigenvalue weighted by Gasteiger charge is -2.14. The summed E-state index contributed by atoms with van der Waals surface area (Å²) in [6.07, 6.45) is 0. The van der Waals surface area contributed by atoms with Crippen LogP contribution in [0.15, 0.2) is 30.3 Å². The highest BCUT2D eigenvalue weighted by Gasteiger charge is 2.12. The SMILES string of the molecule is CCNCc1ccc(-c2c(C)cc(C)cc2OC)cc1F. The molecule has 0 aliphatic rings. The maximum atomic E-state index is 14.2. The predicted octanol–water partition coefficient (Wildman–Crippen LogP) is 4.23. The van der Waals surface area contributed by atoms with Crippen molar-refractivity contribution < 1.29 is 9.13 Å². The van der Waals surface area contributed by atoms with E-state index in [2.05, 4.69) is 11.4 Å². The van der Waals surface area contributed by atoms with Gasteiger partial charge in [0, 0.05) is 17.7 Å². The Labute approximate surface area is 126 Å². The molecule has 0 aliphatic carbocycles. The summed E-state index contributed by atoms with van der Waals surface area (Å²) in [5, 5.41) is 3.14. The average Bonchev–Trinajstić information content (AvgIpc) is 2.45. The number of hydrogen-bond donors (Lipinski definition) is 1. The molecule has 0 fully saturated rings. The molecule has 112 valence electrons. The molecule has 0 radical (unpaired) electrons. The molecule has 2 nitrogen and oxygen atoms in total. The normalized spacial score (nSPS) is 10.7. The lowest BCUT2D eigenvalue weighted by atomic mass is 9.96. The Morgan fingerprint density at radius 3 is 2.52 bits per heavy atom. The molecule has 0 aromatic heterocycles. The molecular formula is C18H22FNO. The predicted molar refractivity (Wildman–Crippen MR) is 85.2 cm³/mol. The van der Waals surface area contributed by atoms with E-state index >= 15 is 0 Å². The minimum atomic E-state index is -0.185. The summed E-state index contributed by atoms with van der Waals surface area (Å²) in [4.78, 5) is 0. The second-order valence-electron chi connectivity index (χ2n) is 5.25. The van der Waals surface area contributed by atoms with Gasteiger partial charge in [0.15, 0.2) is 0 Å². The van der Waals surface area contributed by atoms with Crippen molar-refractivity contribution in [1.29, 1.82) is 0 Å². The van der Waals surface area contributed by atoms with Gasteiger partial charge in [-0.1, -0.05) is 25.1 Å². The van der Waals surface area contributed by atoms with Crippen molar-refractivity contribution in [3.8, 4) is 16.9 Å². The second kappa shape index (κ2) is 6.72. The van der Waals surface area contributed by atoms with Gasteiger partial charge in [-0.15, -0.1) is 0 Å². The quantitative estimate of drug-likeness (QED) is 0.888. The van der Waals surface area contributed by atoms with Crippen molar-refractivity contribution in [2.45, 2.75) is 27.3 Å². The van der Waals surface area contributed by atoms with Crippen molar-refractivity contribution in [3.63, 3.8) is 0 Å². The number of benzene rings is 2. The van der Waals surface area contributed by atoms with Crippen LogP contribution in [0, 0.1) is 19.7 Å². The van der Waals surface area contributed by atoms with Crippen LogP contribution in [0.5, 0.6) is 5.75 Å². The van der Waals surface area contributed by atoms with Crippen molar-refractivity contribution >= 4 is 0 Å². The van der Waals surface area contributed by atoms with Crippen LogP contribution < -0.4 is 10.1 Å². The van der Waals surface area contributed by atoms with Gasteiger partial charge in [-0.3, -0.25) is 0 Å². The van der Waals surface area contributed by atoms with Crippen LogP contribution in [-0.4, -0.2) is 13.7 Å². The van der Waals surface area contributed by atoms with E-state index in [1.165, 1.54) is 0 Å². The van der Waals surface area contributed by atoms with E-state index < -0.39 is 0 Å². The number of ether oxygens (including phenoxy) is 1. The van der Waals surface area contributed by atoms with E-state index in [-0.39, 0.29) is 5.82 Å². The van der Waals surface area contributed by atoms with Crippen LogP contribution in [-0.2, 0) is 6.54 Å². The molecule has 0 aliphatic heterocycles. The molecule has 0 unspecified atom stereocenters. The summed E-state index contributed by atoms with van der Waals surface area (Å²) in [6, 6.07) is 9.45. The Hall–Kier alpha value is -1.87. The molecule has 0 atom stereocenters. The third-order valence-electron chi connectivity index (χ3n) is 3.57. The fraction of sp³-hybridized carbons (Fsp3) is 0.333. The van der Waals surface area contributed by atoms with E-state index in [4.69, 9.17) is 4.74 Å². The molecule has 0 saturated heterocycles. The molecule has 0 amide bonds. The maximum absolute atomic E-state index is 14.2. The third kappa shape index (κ3) is 3.42. The molecular weight excluding hydrogens is 265 g/mol. The Morgan fingerprint density at radius 2 is 1.90 bits per heavy atom. The molecule has 2 aromatic rings. The van der Waals surface area contributed by atoms with E-state index in [0.717, 1.165) is 34.5 Å². The Bertz CT molecular complexity index is 637. The van der Waals surface area contributed by atoms with E-state index in [0.29, 0.717) is 12.1 Å². The van der Waals surface area contributed by atoms with E-state index in [1.807, 2.05) is 39.0 Å². The summed E-state index contributed by atoms with van der Waals surface area (Å²) in [7, 11) is 1.65. The Kier molecular flexibility index (Phi) is 4.97. The average molecular weight is 287 g/mol. The minimum Gasteiger partial charge on any atom is -0.496 e. The molecule has 21 heavy (non-hydrogen) atoms. The Balaban J connectivity index is 2.45. The number of hydrogen-bond acceptors (Lipinski definition) is 2. The van der Waals surface area contributed by atoms with Gasteiger partial charge in [0.25, 0.3) is 0 Å². The zero-order valence-electron chi connectivity index (χ0n) is 13.1. The summed E-state index contributed by atoms with van der Waals surface area (Å²) >= 11 is 0. The minimum absolute atomic E-state index is 0.185. The number of methoxy groups -OCH3 is 1. The summed E-state index contributed by atoms with van der Waals surface area (Å²) in [6.45, 7) is 7.43. The maximum Gasteiger partial charge on any atom is 0.128 e. The van der Waals surface area contributed by atoms with Gasteiger partial charge >= 0.3 is 0 Å². The summed E-state index contributed by atoms with van der Waals surface area (Å²) in [5.41, 5.74) is 4.71. The van der Waals surface area contributed by atoms with Crippen LogP contribution in [0.25, 0.3) is 11.1 Å². The first-order chi connectivity index (χ1) is 10.1. The molecule has 0 spiro atoms. The smallest absolute Gasteiger partial charge is 0.128 e. The highest BCUT2D eigenvalue weighted by Crippen LogP contribution is 2.35. The zero-order chi connectivity index (χ0) is 15.4. The van der Waals surface area contributed by atoms with Gasteiger partial charge in [-0.25, -0.2) is 4.39 Å². The van der Waals surface area contributed by atoms with Gasteiger partial charge in [0.1, 0.15) is 11.6 Å². The summed E-state index contributed by atoms with van der Waals surface area (Å²) < 4.78 is 19.7. The number of nitrogens with one attached hydrogen (secondary N) is 1. The van der Waals surface area contributed by atoms with E-state index in [9.17, 15) is 4.39 Å². The molecule has 0 bridgehead atoms. The summed E-state index contributed by atoms with van der Waals surface area (Å²) in [5.74, 6) is 0.599. The second-order valence-corrected chi connectivity index (χ2v) is 5.25. The molecule has 0 saturated carbocycles. The monoisotopic (exact) mass is 287 g/mol. The third-order valence-corrected chi connectivity index (χ3v) is 3.57. The van der Waals surface area contributed by atoms with Gasteiger partial charge in [-0.05, 0) is 49.2 Å². The lowest BCUT2D eigenvalue weighted by molar-refractivity contribution is 0.416. The number of rotatable bonds is 5. The fourth-order valence-electron chi connectivity index (χ4n) is 2.57. The first-order valence-corrected chi connectivity index (χ1v) is 7.21. The van der Waals surface area contributed by atoms with Gasteiger partial charge in [0.2, 0.25) is 0 Å². The molecule has 2 rings (SSSR count). The zero-order valence-corrected chi connectivity index (χ0v) is 13.1. The van der Waals surface area contributed by atoms with Gasteiger partial charge in [-0.2, -0.15) is 0 Å². The van der Waals surface area contributed by atoms with Crippen LogP contribution in [0.3, 0.4) is 0 Å². The van der Waals surface area contributed by atoms with Crippen molar-refractivity contribution in [1.82, 2.24) is 5.32 Å². The van der Waals surface area contributed by atoms with Crippen LogP contribution in [0.4, 0.5) is 4.39 Å². The van der Waals surface area contributed by atoms with Gasteiger partial charge in [0.05, 0.1) is 7.11 Å². The first-order valence-electron chi connectivity index (χ1n) is 7.21. The van der Waals surface area contributed by atoms with Crippen molar-refractivity contribution in [2.24, 2.45) is 0 Å². The fourth-order valence-corrected chi connectivity index (χ4v) is 2.57. The molecule has 2 aromatic carbocycles. The van der Waals surface area contributed by atoms with E-state index in [1.54, 1.807) is 13.2 Å². The highest BCUT2D eigenvalue weighted by atomic mass is 19.1. The topological polar surface area (TPSA) is 21.3 Å².